The second-order valence-corrected chi connectivity index (χ2v) is 7.59. The molecule has 2 fully saturated rings. The standard InChI is InChI=1S/C19H23BrN4O2/c20-16-3-1-2-15-4-5-17(21-19(15)16)23-8-6-22(7-9-23)14-18(25)24-10-12-26-13-11-24/h1-5H,6-14H2. The zero-order chi connectivity index (χ0) is 17.9. The average Bonchev–Trinajstić information content (AvgIpc) is 2.69. The van der Waals surface area contributed by atoms with Crippen LogP contribution >= 0.6 is 15.9 Å². The third-order valence-corrected chi connectivity index (χ3v) is 5.72. The lowest BCUT2D eigenvalue weighted by Crippen LogP contribution is -2.51. The van der Waals surface area contributed by atoms with E-state index in [1.165, 1.54) is 0 Å². The summed E-state index contributed by atoms with van der Waals surface area (Å²) in [5, 5.41) is 1.14. The third-order valence-electron chi connectivity index (χ3n) is 5.08. The molecule has 0 atom stereocenters. The van der Waals surface area contributed by atoms with E-state index in [0.717, 1.165) is 47.4 Å². The Kier molecular flexibility index (Phi) is 5.38. The number of fused-ring (bicyclic) bond motifs is 1. The molecule has 2 saturated heterocycles. The van der Waals surface area contributed by atoms with Gasteiger partial charge in [-0.1, -0.05) is 12.1 Å². The number of ether oxygens (including phenoxy) is 1. The number of hydrogen-bond donors (Lipinski definition) is 0. The number of piperazine rings is 1. The predicted octanol–water partition coefficient (Wildman–Crippen LogP) is 1.98. The number of benzene rings is 1. The van der Waals surface area contributed by atoms with Gasteiger partial charge in [-0.25, -0.2) is 4.98 Å². The highest BCUT2D eigenvalue weighted by Crippen LogP contribution is 2.25. The maximum absolute atomic E-state index is 12.4. The number of halogens is 1. The molecule has 26 heavy (non-hydrogen) atoms. The van der Waals surface area contributed by atoms with Crippen LogP contribution in [0.2, 0.25) is 0 Å². The average molecular weight is 419 g/mol. The van der Waals surface area contributed by atoms with Crippen LogP contribution in [0.5, 0.6) is 0 Å². The van der Waals surface area contributed by atoms with Crippen molar-refractivity contribution in [1.29, 1.82) is 0 Å². The summed E-state index contributed by atoms with van der Waals surface area (Å²) in [6.07, 6.45) is 0. The molecular formula is C19H23BrN4O2. The number of rotatable bonds is 3. The van der Waals surface area contributed by atoms with Gasteiger partial charge in [0.05, 0.1) is 25.3 Å². The molecule has 0 unspecified atom stereocenters. The first kappa shape index (κ1) is 17.7. The highest BCUT2D eigenvalue weighted by Gasteiger charge is 2.23. The van der Waals surface area contributed by atoms with Crippen LogP contribution in [0, 0.1) is 0 Å². The molecule has 1 aromatic heterocycles. The number of hydrogen-bond acceptors (Lipinski definition) is 5. The van der Waals surface area contributed by atoms with Crippen molar-refractivity contribution >= 4 is 38.6 Å². The predicted molar refractivity (Wildman–Crippen MR) is 105 cm³/mol. The zero-order valence-electron chi connectivity index (χ0n) is 14.7. The molecular weight excluding hydrogens is 396 g/mol. The van der Waals surface area contributed by atoms with Gasteiger partial charge in [-0.2, -0.15) is 0 Å². The highest BCUT2D eigenvalue weighted by atomic mass is 79.9. The van der Waals surface area contributed by atoms with Crippen molar-refractivity contribution < 1.29 is 9.53 Å². The van der Waals surface area contributed by atoms with Crippen LogP contribution in [0.25, 0.3) is 10.9 Å². The molecule has 7 heteroatoms. The minimum atomic E-state index is 0.217. The molecule has 0 saturated carbocycles. The van der Waals surface area contributed by atoms with E-state index in [4.69, 9.17) is 9.72 Å². The first-order chi connectivity index (χ1) is 12.7. The molecule has 0 spiro atoms. The molecule has 1 aromatic carbocycles. The maximum atomic E-state index is 12.4. The summed E-state index contributed by atoms with van der Waals surface area (Å²) in [4.78, 5) is 23.7. The molecule has 0 aliphatic carbocycles. The molecule has 3 heterocycles. The van der Waals surface area contributed by atoms with Gasteiger partial charge in [-0.15, -0.1) is 0 Å². The molecule has 0 bridgehead atoms. The third kappa shape index (κ3) is 3.84. The zero-order valence-corrected chi connectivity index (χ0v) is 16.3. The van der Waals surface area contributed by atoms with Crippen LogP contribution in [0.3, 0.4) is 0 Å². The van der Waals surface area contributed by atoms with Crippen molar-refractivity contribution in [3.8, 4) is 0 Å². The number of para-hydroxylation sites is 1. The van der Waals surface area contributed by atoms with E-state index in [9.17, 15) is 4.79 Å². The number of anilines is 1. The normalized spacial score (nSPS) is 19.1. The Balaban J connectivity index is 1.36. The molecule has 6 nitrogen and oxygen atoms in total. The van der Waals surface area contributed by atoms with Crippen molar-refractivity contribution in [1.82, 2.24) is 14.8 Å². The van der Waals surface area contributed by atoms with E-state index >= 15 is 0 Å². The summed E-state index contributed by atoms with van der Waals surface area (Å²) < 4.78 is 6.34. The van der Waals surface area contributed by atoms with Gasteiger partial charge in [-0.05, 0) is 34.1 Å². The van der Waals surface area contributed by atoms with E-state index in [1.54, 1.807) is 0 Å². The number of pyridine rings is 1. The van der Waals surface area contributed by atoms with Crippen molar-refractivity contribution in [3.05, 3.63) is 34.8 Å². The van der Waals surface area contributed by atoms with Gasteiger partial charge in [0.2, 0.25) is 5.91 Å². The van der Waals surface area contributed by atoms with Crippen LogP contribution in [-0.2, 0) is 9.53 Å². The summed E-state index contributed by atoms with van der Waals surface area (Å²) in [7, 11) is 0. The van der Waals surface area contributed by atoms with Crippen molar-refractivity contribution in [2.75, 3.05) is 63.9 Å². The summed E-state index contributed by atoms with van der Waals surface area (Å²) in [6.45, 7) is 6.79. The second kappa shape index (κ2) is 7.90. The van der Waals surface area contributed by atoms with Crippen LogP contribution in [0.15, 0.2) is 34.8 Å². The fraction of sp³-hybridized carbons (Fsp3) is 0.474. The number of nitrogens with zero attached hydrogens (tertiary/aromatic N) is 4. The molecule has 2 aliphatic heterocycles. The van der Waals surface area contributed by atoms with Gasteiger partial charge in [-0.3, -0.25) is 9.69 Å². The second-order valence-electron chi connectivity index (χ2n) is 6.74. The number of amides is 1. The van der Waals surface area contributed by atoms with Gasteiger partial charge in [0.15, 0.2) is 0 Å². The van der Waals surface area contributed by atoms with Gasteiger partial charge >= 0.3 is 0 Å². The minimum absolute atomic E-state index is 0.217. The van der Waals surface area contributed by atoms with E-state index in [-0.39, 0.29) is 5.91 Å². The molecule has 0 radical (unpaired) electrons. The number of carbonyl (C=O) groups is 1. The maximum Gasteiger partial charge on any atom is 0.236 e. The quantitative estimate of drug-likeness (QED) is 0.762. The van der Waals surface area contributed by atoms with Gasteiger partial charge in [0.25, 0.3) is 0 Å². The lowest BCUT2D eigenvalue weighted by Gasteiger charge is -2.36. The summed E-state index contributed by atoms with van der Waals surface area (Å²) in [5.41, 5.74) is 0.995. The molecule has 2 aromatic rings. The van der Waals surface area contributed by atoms with Crippen LogP contribution in [-0.4, -0.2) is 79.7 Å². The summed E-state index contributed by atoms with van der Waals surface area (Å²) in [6, 6.07) is 10.3. The fourth-order valence-corrected chi connectivity index (χ4v) is 3.99. The van der Waals surface area contributed by atoms with Crippen molar-refractivity contribution in [2.45, 2.75) is 0 Å². The largest absolute Gasteiger partial charge is 0.378 e. The monoisotopic (exact) mass is 418 g/mol. The minimum Gasteiger partial charge on any atom is -0.378 e. The Bertz CT molecular complexity index is 786. The molecule has 1 amide bonds. The number of carbonyl (C=O) groups excluding carboxylic acids is 1. The van der Waals surface area contributed by atoms with Crippen molar-refractivity contribution in [3.63, 3.8) is 0 Å². The van der Waals surface area contributed by atoms with E-state index in [0.29, 0.717) is 32.8 Å². The van der Waals surface area contributed by atoms with E-state index in [1.807, 2.05) is 17.0 Å². The number of morpholine rings is 1. The topological polar surface area (TPSA) is 48.9 Å². The Hall–Kier alpha value is -1.70. The Morgan fingerprint density at radius 3 is 2.58 bits per heavy atom. The first-order valence-corrected chi connectivity index (χ1v) is 9.88. The van der Waals surface area contributed by atoms with Crippen molar-refractivity contribution in [2.24, 2.45) is 0 Å². The highest BCUT2D eigenvalue weighted by molar-refractivity contribution is 9.10. The summed E-state index contributed by atoms with van der Waals surface area (Å²) in [5.74, 6) is 1.22. The van der Waals surface area contributed by atoms with Gasteiger partial charge in [0, 0.05) is 49.1 Å². The van der Waals surface area contributed by atoms with Gasteiger partial charge in [0.1, 0.15) is 5.82 Å². The summed E-state index contributed by atoms with van der Waals surface area (Å²) >= 11 is 3.59. The Morgan fingerprint density at radius 1 is 1.04 bits per heavy atom. The molecule has 138 valence electrons. The van der Waals surface area contributed by atoms with E-state index < -0.39 is 0 Å². The first-order valence-electron chi connectivity index (χ1n) is 9.09. The lowest BCUT2D eigenvalue weighted by molar-refractivity contribution is -0.136. The molecule has 4 rings (SSSR count). The smallest absolute Gasteiger partial charge is 0.236 e. The SMILES string of the molecule is O=C(CN1CCN(c2ccc3cccc(Br)c3n2)CC1)N1CCOCC1. The van der Waals surface area contributed by atoms with Crippen LogP contribution in [0.1, 0.15) is 0 Å². The van der Waals surface area contributed by atoms with E-state index in [2.05, 4.69) is 43.9 Å². The Morgan fingerprint density at radius 2 is 1.81 bits per heavy atom. The molecule has 0 N–H and O–H groups in total. The number of aromatic nitrogens is 1. The lowest BCUT2D eigenvalue weighted by atomic mass is 10.2. The Labute approximate surface area is 161 Å². The van der Waals surface area contributed by atoms with Crippen LogP contribution in [0.4, 0.5) is 5.82 Å². The van der Waals surface area contributed by atoms with Crippen LogP contribution < -0.4 is 4.90 Å². The van der Waals surface area contributed by atoms with Gasteiger partial charge < -0.3 is 14.5 Å². The molecule has 2 aliphatic rings. The fourth-order valence-electron chi connectivity index (χ4n) is 3.52.